The first-order valence-electron chi connectivity index (χ1n) is 4.35. The standard InChI is InChI=1S/C12H14O/c1-4-10(2)9-11-5-7-12(13-3)8-6-11/h1,5-8,10H,9H2,2-3H3. The Kier molecular flexibility index (Phi) is 3.40. The monoisotopic (exact) mass is 174 g/mol. The van der Waals surface area contributed by atoms with Crippen LogP contribution in [0.1, 0.15) is 12.5 Å². The van der Waals surface area contributed by atoms with E-state index in [0.717, 1.165) is 12.2 Å². The molecule has 1 aromatic rings. The molecular weight excluding hydrogens is 160 g/mol. The van der Waals surface area contributed by atoms with Crippen LogP contribution in [-0.4, -0.2) is 7.11 Å². The SMILES string of the molecule is C#CC(C)Cc1ccc(OC)cc1. The average molecular weight is 174 g/mol. The second-order valence-electron chi connectivity index (χ2n) is 3.12. The minimum Gasteiger partial charge on any atom is -0.497 e. The van der Waals surface area contributed by atoms with Crippen LogP contribution in [0.15, 0.2) is 24.3 Å². The third-order valence-corrected chi connectivity index (χ3v) is 1.99. The molecule has 13 heavy (non-hydrogen) atoms. The summed E-state index contributed by atoms with van der Waals surface area (Å²) >= 11 is 0. The van der Waals surface area contributed by atoms with E-state index in [2.05, 4.69) is 5.92 Å². The van der Waals surface area contributed by atoms with Crippen LogP contribution in [0.3, 0.4) is 0 Å². The first kappa shape index (κ1) is 9.67. The van der Waals surface area contributed by atoms with E-state index >= 15 is 0 Å². The molecule has 1 rings (SSSR count). The molecule has 1 nitrogen and oxygen atoms in total. The van der Waals surface area contributed by atoms with Crippen molar-refractivity contribution >= 4 is 0 Å². The Morgan fingerprint density at radius 3 is 2.46 bits per heavy atom. The number of rotatable bonds is 3. The van der Waals surface area contributed by atoms with Crippen LogP contribution in [0.5, 0.6) is 5.75 Å². The molecule has 0 aromatic heterocycles. The van der Waals surface area contributed by atoms with Crippen molar-refractivity contribution in [1.82, 2.24) is 0 Å². The fourth-order valence-electron chi connectivity index (χ4n) is 1.17. The van der Waals surface area contributed by atoms with Gasteiger partial charge in [-0.3, -0.25) is 0 Å². The largest absolute Gasteiger partial charge is 0.497 e. The molecule has 0 bridgehead atoms. The second-order valence-corrected chi connectivity index (χ2v) is 3.12. The summed E-state index contributed by atoms with van der Waals surface area (Å²) in [7, 11) is 1.67. The van der Waals surface area contributed by atoms with Gasteiger partial charge in [-0.15, -0.1) is 12.3 Å². The van der Waals surface area contributed by atoms with Crippen molar-refractivity contribution in [2.45, 2.75) is 13.3 Å². The van der Waals surface area contributed by atoms with Gasteiger partial charge in [-0.25, -0.2) is 0 Å². The summed E-state index contributed by atoms with van der Waals surface area (Å²) < 4.78 is 5.06. The highest BCUT2D eigenvalue weighted by molar-refractivity contribution is 5.27. The van der Waals surface area contributed by atoms with Gasteiger partial charge in [0.25, 0.3) is 0 Å². The van der Waals surface area contributed by atoms with Crippen LogP contribution in [0.2, 0.25) is 0 Å². The third-order valence-electron chi connectivity index (χ3n) is 1.99. The van der Waals surface area contributed by atoms with Crippen molar-refractivity contribution in [3.05, 3.63) is 29.8 Å². The van der Waals surface area contributed by atoms with Crippen LogP contribution >= 0.6 is 0 Å². The van der Waals surface area contributed by atoms with Crippen molar-refractivity contribution in [3.8, 4) is 18.1 Å². The normalized spacial score (nSPS) is 11.8. The predicted octanol–water partition coefficient (Wildman–Crippen LogP) is 2.51. The van der Waals surface area contributed by atoms with E-state index < -0.39 is 0 Å². The Bertz CT molecular complexity index is 292. The van der Waals surface area contributed by atoms with Crippen molar-refractivity contribution in [2.24, 2.45) is 5.92 Å². The lowest BCUT2D eigenvalue weighted by Gasteiger charge is -2.05. The molecule has 0 aliphatic rings. The number of ether oxygens (including phenoxy) is 1. The summed E-state index contributed by atoms with van der Waals surface area (Å²) in [4.78, 5) is 0. The van der Waals surface area contributed by atoms with Crippen LogP contribution < -0.4 is 4.74 Å². The van der Waals surface area contributed by atoms with Crippen LogP contribution in [0.4, 0.5) is 0 Å². The molecule has 68 valence electrons. The van der Waals surface area contributed by atoms with E-state index in [4.69, 9.17) is 11.2 Å². The zero-order valence-corrected chi connectivity index (χ0v) is 8.08. The number of terminal acetylenes is 1. The summed E-state index contributed by atoms with van der Waals surface area (Å²) in [5.41, 5.74) is 1.26. The lowest BCUT2D eigenvalue weighted by molar-refractivity contribution is 0.414. The topological polar surface area (TPSA) is 9.23 Å². The Labute approximate surface area is 79.7 Å². The molecular formula is C12H14O. The molecule has 0 spiro atoms. The van der Waals surface area contributed by atoms with Gasteiger partial charge in [0.1, 0.15) is 5.75 Å². The smallest absolute Gasteiger partial charge is 0.118 e. The van der Waals surface area contributed by atoms with E-state index in [9.17, 15) is 0 Å². The molecule has 0 aliphatic carbocycles. The average Bonchev–Trinajstić information content (AvgIpc) is 2.19. The molecule has 1 heteroatoms. The van der Waals surface area contributed by atoms with Crippen molar-refractivity contribution < 1.29 is 4.74 Å². The van der Waals surface area contributed by atoms with Gasteiger partial charge in [-0.05, 0) is 24.1 Å². The Morgan fingerprint density at radius 2 is 2.00 bits per heavy atom. The number of hydrogen-bond acceptors (Lipinski definition) is 1. The van der Waals surface area contributed by atoms with Crippen molar-refractivity contribution in [3.63, 3.8) is 0 Å². The van der Waals surface area contributed by atoms with Crippen molar-refractivity contribution in [2.75, 3.05) is 7.11 Å². The number of hydrogen-bond donors (Lipinski definition) is 0. The molecule has 0 radical (unpaired) electrons. The van der Waals surface area contributed by atoms with Gasteiger partial charge in [0.05, 0.1) is 7.11 Å². The molecule has 0 amide bonds. The van der Waals surface area contributed by atoms with E-state index in [1.54, 1.807) is 7.11 Å². The zero-order chi connectivity index (χ0) is 9.68. The van der Waals surface area contributed by atoms with E-state index in [-0.39, 0.29) is 0 Å². The summed E-state index contributed by atoms with van der Waals surface area (Å²) in [6.07, 6.45) is 6.23. The maximum absolute atomic E-state index is 5.30. The van der Waals surface area contributed by atoms with Crippen molar-refractivity contribution in [1.29, 1.82) is 0 Å². The van der Waals surface area contributed by atoms with Crippen LogP contribution in [0.25, 0.3) is 0 Å². The van der Waals surface area contributed by atoms with Gasteiger partial charge < -0.3 is 4.74 Å². The predicted molar refractivity (Wildman–Crippen MR) is 54.7 cm³/mol. The molecule has 0 saturated carbocycles. The Hall–Kier alpha value is -1.42. The zero-order valence-electron chi connectivity index (χ0n) is 8.08. The maximum atomic E-state index is 5.30. The van der Waals surface area contributed by atoms with Gasteiger partial charge in [-0.1, -0.05) is 19.1 Å². The third kappa shape index (κ3) is 2.83. The minimum atomic E-state index is 0.299. The van der Waals surface area contributed by atoms with Gasteiger partial charge in [0, 0.05) is 5.92 Å². The Balaban J connectivity index is 2.65. The molecule has 0 aliphatic heterocycles. The van der Waals surface area contributed by atoms with Gasteiger partial charge in [0.15, 0.2) is 0 Å². The highest BCUT2D eigenvalue weighted by atomic mass is 16.5. The second kappa shape index (κ2) is 4.57. The summed E-state index contributed by atoms with van der Waals surface area (Å²) in [5, 5.41) is 0. The lowest BCUT2D eigenvalue weighted by atomic mass is 10.0. The van der Waals surface area contributed by atoms with Gasteiger partial charge in [0.2, 0.25) is 0 Å². The highest BCUT2D eigenvalue weighted by Gasteiger charge is 1.99. The maximum Gasteiger partial charge on any atom is 0.118 e. The molecule has 0 saturated heterocycles. The Morgan fingerprint density at radius 1 is 1.38 bits per heavy atom. The fraction of sp³-hybridized carbons (Fsp3) is 0.333. The molecule has 1 atom stereocenters. The first-order chi connectivity index (χ1) is 6.26. The summed E-state index contributed by atoms with van der Waals surface area (Å²) in [6, 6.07) is 8.01. The van der Waals surface area contributed by atoms with E-state index in [0.29, 0.717) is 5.92 Å². The molecule has 1 unspecified atom stereocenters. The summed E-state index contributed by atoms with van der Waals surface area (Å²) in [5.74, 6) is 3.90. The molecule has 1 aromatic carbocycles. The van der Waals surface area contributed by atoms with E-state index in [1.807, 2.05) is 31.2 Å². The fourth-order valence-corrected chi connectivity index (χ4v) is 1.17. The number of methoxy groups -OCH3 is 1. The van der Waals surface area contributed by atoms with Gasteiger partial charge in [-0.2, -0.15) is 0 Å². The molecule has 0 heterocycles. The highest BCUT2D eigenvalue weighted by Crippen LogP contribution is 2.13. The molecule has 0 N–H and O–H groups in total. The minimum absolute atomic E-state index is 0.299. The first-order valence-corrected chi connectivity index (χ1v) is 4.35. The van der Waals surface area contributed by atoms with Gasteiger partial charge >= 0.3 is 0 Å². The number of benzene rings is 1. The lowest BCUT2D eigenvalue weighted by Crippen LogP contribution is -1.95. The van der Waals surface area contributed by atoms with E-state index in [1.165, 1.54) is 5.56 Å². The molecule has 0 fully saturated rings. The quantitative estimate of drug-likeness (QED) is 0.640. The summed E-state index contributed by atoms with van der Waals surface area (Å²) in [6.45, 7) is 2.05. The van der Waals surface area contributed by atoms with Crippen LogP contribution in [0, 0.1) is 18.3 Å². The van der Waals surface area contributed by atoms with Crippen LogP contribution in [-0.2, 0) is 6.42 Å².